The molecule has 0 aliphatic carbocycles. The Morgan fingerprint density at radius 2 is 1.79 bits per heavy atom. The van der Waals surface area contributed by atoms with Crippen molar-refractivity contribution in [2.45, 2.75) is 141 Å². The van der Waals surface area contributed by atoms with E-state index in [1.807, 2.05) is 12.1 Å². The van der Waals surface area contributed by atoms with Gasteiger partial charge in [0.05, 0.1) is 37.1 Å². The summed E-state index contributed by atoms with van der Waals surface area (Å²) in [6.07, 6.45) is 23.1. The lowest BCUT2D eigenvalue weighted by Crippen LogP contribution is -2.28. The van der Waals surface area contributed by atoms with Crippen LogP contribution in [0.25, 0.3) is 0 Å². The lowest BCUT2D eigenvalue weighted by atomic mass is 10.1. The van der Waals surface area contributed by atoms with Crippen LogP contribution in [0.2, 0.25) is 0 Å². The molecule has 4 atom stereocenters. The fourth-order valence-corrected chi connectivity index (χ4v) is 6.96. The van der Waals surface area contributed by atoms with Crippen molar-refractivity contribution in [2.75, 3.05) is 19.8 Å². The molecule has 0 saturated carbocycles. The minimum Gasteiger partial charge on any atom is -0.382 e. The molecule has 294 valence electrons. The number of aromatic amines is 1. The van der Waals surface area contributed by atoms with Crippen molar-refractivity contribution in [3.05, 3.63) is 70.8 Å². The van der Waals surface area contributed by atoms with Gasteiger partial charge in [-0.2, -0.15) is 5.26 Å². The van der Waals surface area contributed by atoms with Gasteiger partial charge in [-0.25, -0.2) is 9.38 Å². The molecule has 0 bridgehead atoms. The second-order valence-corrected chi connectivity index (χ2v) is 14.7. The van der Waals surface area contributed by atoms with Gasteiger partial charge >= 0.3 is 8.60 Å². The van der Waals surface area contributed by atoms with Crippen molar-refractivity contribution in [1.29, 1.82) is 10.7 Å². The first-order valence-corrected chi connectivity index (χ1v) is 20.4. The van der Waals surface area contributed by atoms with Gasteiger partial charge in [-0.05, 0) is 81.3 Å². The van der Waals surface area contributed by atoms with Crippen LogP contribution in [0.4, 0.5) is 4.39 Å². The summed E-state index contributed by atoms with van der Waals surface area (Å²) in [6, 6.07) is 9.64. The molecule has 3 rings (SSSR count). The highest BCUT2D eigenvalue weighted by Gasteiger charge is 2.41. The van der Waals surface area contributed by atoms with E-state index in [-0.39, 0.29) is 37.3 Å². The monoisotopic (exact) mass is 757 g/mol. The molecule has 5 N–H and O–H groups in total. The Balaban J connectivity index is 1.36. The van der Waals surface area contributed by atoms with Gasteiger partial charge in [0.15, 0.2) is 5.79 Å². The van der Waals surface area contributed by atoms with E-state index < -0.39 is 26.3 Å². The highest BCUT2D eigenvalue weighted by atomic mass is 31.2. The van der Waals surface area contributed by atoms with Crippen molar-refractivity contribution in [1.82, 2.24) is 4.98 Å². The smallest absolute Gasteiger partial charge is 0.332 e. The summed E-state index contributed by atoms with van der Waals surface area (Å²) < 4.78 is 43.7. The van der Waals surface area contributed by atoms with Crippen LogP contribution < -0.4 is 5.73 Å². The largest absolute Gasteiger partial charge is 0.382 e. The number of ether oxygens (including phenoxy) is 3. The molecule has 53 heavy (non-hydrogen) atoms. The summed E-state index contributed by atoms with van der Waals surface area (Å²) in [4.78, 5) is 17.7. The van der Waals surface area contributed by atoms with Gasteiger partial charge in [0.2, 0.25) is 0 Å². The number of aliphatic imine (C=N–C) groups is 1. The molecule has 1 aliphatic rings. The topological polar surface area (TPSA) is 168 Å². The van der Waals surface area contributed by atoms with Crippen molar-refractivity contribution in [3.63, 3.8) is 0 Å². The number of halogens is 1. The number of allylic oxidation sites excluding steroid dienone is 2. The highest BCUT2D eigenvalue weighted by molar-refractivity contribution is 7.40. The van der Waals surface area contributed by atoms with E-state index in [4.69, 9.17) is 34.4 Å². The molecular weight excluding hydrogens is 696 g/mol. The molecule has 3 unspecified atom stereocenters. The van der Waals surface area contributed by atoms with Gasteiger partial charge in [0, 0.05) is 18.7 Å². The summed E-state index contributed by atoms with van der Waals surface area (Å²) in [7, 11) is -2.33. The van der Waals surface area contributed by atoms with E-state index in [1.165, 1.54) is 82.8 Å². The highest BCUT2D eigenvalue weighted by Crippen LogP contribution is 2.47. The van der Waals surface area contributed by atoms with Crippen molar-refractivity contribution in [3.8, 4) is 6.07 Å². The first kappa shape index (κ1) is 44.4. The molecule has 13 heteroatoms. The van der Waals surface area contributed by atoms with E-state index in [0.717, 1.165) is 31.3 Å². The van der Waals surface area contributed by atoms with Crippen LogP contribution >= 0.6 is 8.60 Å². The fourth-order valence-electron chi connectivity index (χ4n) is 6.15. The predicted octanol–water partition coefficient (Wildman–Crippen LogP) is 9.80. The maximum atomic E-state index is 14.0. The Hall–Kier alpha value is -3.01. The molecule has 1 aromatic carbocycles. The molecule has 1 saturated heterocycles. The summed E-state index contributed by atoms with van der Waals surface area (Å²) in [5.74, 6) is -1.40. The normalized spacial score (nSPS) is 18.8. The summed E-state index contributed by atoms with van der Waals surface area (Å²) in [5, 5.41) is 16.3. The zero-order valence-corrected chi connectivity index (χ0v) is 32.6. The van der Waals surface area contributed by atoms with E-state index in [9.17, 15) is 14.5 Å². The van der Waals surface area contributed by atoms with Crippen molar-refractivity contribution >= 4 is 20.8 Å². The summed E-state index contributed by atoms with van der Waals surface area (Å²) in [6.45, 7) is 4.80. The first-order valence-electron chi connectivity index (χ1n) is 19.3. The average Bonchev–Trinajstić information content (AvgIpc) is 3.79. The number of unbranched alkanes of at least 4 members (excludes halogenated alkanes) is 12. The Bertz CT molecular complexity index is 1430. The minimum absolute atomic E-state index is 0.0266. The SMILES string of the molecule is CCCCCCCC/C=C/CCCCCCCCOCC(COP(O)O[C@]1(C)CCC(c2ccc(C(N)=NC=N)[nH]2)O1)OCc1cc(F)cc(C#N)c1. The number of nitriles is 1. The van der Waals surface area contributed by atoms with Crippen LogP contribution in [-0.2, 0) is 29.9 Å². The van der Waals surface area contributed by atoms with Gasteiger partial charge in [0.1, 0.15) is 30.2 Å². The third-order valence-electron chi connectivity index (χ3n) is 9.11. The average molecular weight is 758 g/mol. The molecule has 0 radical (unpaired) electrons. The maximum Gasteiger partial charge on any atom is 0.332 e. The number of benzene rings is 1. The number of hydrogen-bond acceptors (Lipinski definition) is 8. The van der Waals surface area contributed by atoms with Crippen LogP contribution in [0.3, 0.4) is 0 Å². The number of nitrogens with zero attached hydrogens (tertiary/aromatic N) is 2. The summed E-state index contributed by atoms with van der Waals surface area (Å²) in [5.41, 5.74) is 7.96. The number of nitrogens with one attached hydrogen (secondary N) is 2. The van der Waals surface area contributed by atoms with Crippen LogP contribution in [0.1, 0.15) is 145 Å². The van der Waals surface area contributed by atoms with Crippen LogP contribution in [0.5, 0.6) is 0 Å². The zero-order valence-electron chi connectivity index (χ0n) is 31.7. The molecule has 1 aromatic heterocycles. The number of rotatable bonds is 29. The maximum absolute atomic E-state index is 14.0. The van der Waals surface area contributed by atoms with Crippen molar-refractivity contribution in [2.24, 2.45) is 10.7 Å². The van der Waals surface area contributed by atoms with Gasteiger partial charge in [-0.3, -0.25) is 9.93 Å². The summed E-state index contributed by atoms with van der Waals surface area (Å²) >= 11 is 0. The fraction of sp³-hybridized carbons (Fsp3) is 0.625. The van der Waals surface area contributed by atoms with E-state index >= 15 is 0 Å². The van der Waals surface area contributed by atoms with Gasteiger partial charge < -0.3 is 34.3 Å². The Morgan fingerprint density at radius 3 is 2.49 bits per heavy atom. The standard InChI is InChI=1S/C40H61FN5O6P/c1-3-4-5-6-7-8-9-10-11-12-13-14-15-16-17-18-23-48-29-35(49-28-33-24-32(27-42)25-34(41)26-33)30-50-53(47)52-40(2)22-21-38(51-40)36-19-20-37(46-36)39(44)45-31-43/h10-11,19-20,24-26,31,35,38,46-47H,3-9,12-18,21-23,28-30H2,1-2H3,(H3,43,44,45)/b11-10+/t35?,38?,40-,53?/m1/s1. The Morgan fingerprint density at radius 1 is 1.09 bits per heavy atom. The predicted molar refractivity (Wildman–Crippen MR) is 208 cm³/mol. The quantitative estimate of drug-likeness (QED) is 0.0209. The number of aromatic nitrogens is 1. The molecule has 0 spiro atoms. The zero-order chi connectivity index (χ0) is 38.2. The van der Waals surface area contributed by atoms with E-state index in [2.05, 4.69) is 29.1 Å². The van der Waals surface area contributed by atoms with E-state index in [0.29, 0.717) is 30.7 Å². The Kier molecular flexibility index (Phi) is 21.7. The number of amidine groups is 1. The van der Waals surface area contributed by atoms with Gasteiger partial charge in [-0.15, -0.1) is 0 Å². The third-order valence-corrected chi connectivity index (χ3v) is 10.0. The van der Waals surface area contributed by atoms with Gasteiger partial charge in [0.25, 0.3) is 0 Å². The number of H-pyrrole nitrogens is 1. The molecule has 2 aromatic rings. The van der Waals surface area contributed by atoms with Gasteiger partial charge in [-0.1, -0.05) is 76.9 Å². The lowest BCUT2D eigenvalue weighted by Gasteiger charge is -2.27. The molecule has 1 aliphatic heterocycles. The van der Waals surface area contributed by atoms with Crippen molar-refractivity contribution < 1.29 is 32.5 Å². The van der Waals surface area contributed by atoms with E-state index in [1.54, 1.807) is 19.1 Å². The molecular formula is C40H61FN5O6P. The van der Waals surface area contributed by atoms with Crippen LogP contribution in [-0.4, -0.2) is 53.8 Å². The second-order valence-electron chi connectivity index (χ2n) is 13.8. The third kappa shape index (κ3) is 18.2. The Labute approximate surface area is 317 Å². The molecule has 1 fully saturated rings. The molecule has 11 nitrogen and oxygen atoms in total. The minimum atomic E-state index is -2.33. The van der Waals surface area contributed by atoms with Crippen LogP contribution in [0, 0.1) is 22.6 Å². The first-order chi connectivity index (χ1) is 25.7. The number of nitrogens with two attached hydrogens (primary N) is 1. The lowest BCUT2D eigenvalue weighted by molar-refractivity contribution is -0.167. The second kappa shape index (κ2) is 25.9. The number of hydrogen-bond donors (Lipinski definition) is 4. The van der Waals surface area contributed by atoms with Crippen LogP contribution in [0.15, 0.2) is 47.5 Å². The molecule has 0 amide bonds. The molecule has 2 heterocycles.